The molecule has 11 nitrogen and oxygen atoms in total. The van der Waals surface area contributed by atoms with E-state index < -0.39 is 37.6 Å². The maximum absolute atomic E-state index is 13.3. The SMILES string of the molecule is Cc1ccc(C(C)CCCC(=O)N(CC(=O)N(C)C)C[C@H](O)[C@@H](O)[C@H](O)[C@H](O)CO)cc1CCC1(c2cnccc2-c2ccccc2OC2CC2)CC1. The van der Waals surface area contributed by atoms with E-state index in [0.29, 0.717) is 12.5 Å². The second-order valence-electron chi connectivity index (χ2n) is 15.4. The van der Waals surface area contributed by atoms with Crippen LogP contribution in [-0.2, 0) is 21.4 Å². The number of aliphatic hydroxyl groups excluding tert-OH is 5. The number of ether oxygens (including phenoxy) is 1. The van der Waals surface area contributed by atoms with E-state index in [2.05, 4.69) is 61.3 Å². The summed E-state index contributed by atoms with van der Waals surface area (Å²) in [6.45, 7) is 2.75. The molecule has 0 radical (unpaired) electrons. The lowest BCUT2D eigenvalue weighted by Gasteiger charge is -2.31. The van der Waals surface area contributed by atoms with Gasteiger partial charge in [0.15, 0.2) is 0 Å². The number of para-hydroxylation sites is 1. The average molecular weight is 732 g/mol. The largest absolute Gasteiger partial charge is 0.490 e. The van der Waals surface area contributed by atoms with E-state index in [1.807, 2.05) is 18.5 Å². The molecule has 0 saturated heterocycles. The summed E-state index contributed by atoms with van der Waals surface area (Å²) in [6, 6.07) is 17.1. The topological polar surface area (TPSA) is 164 Å². The van der Waals surface area contributed by atoms with E-state index in [4.69, 9.17) is 9.84 Å². The lowest BCUT2D eigenvalue weighted by Crippen LogP contribution is -2.52. The molecule has 5 atom stereocenters. The van der Waals surface area contributed by atoms with Crippen LogP contribution in [0.5, 0.6) is 5.75 Å². The van der Waals surface area contributed by atoms with Crippen molar-refractivity contribution < 1.29 is 39.9 Å². The number of rotatable bonds is 20. The van der Waals surface area contributed by atoms with Crippen molar-refractivity contribution in [3.63, 3.8) is 0 Å². The smallest absolute Gasteiger partial charge is 0.241 e. The number of amides is 2. The summed E-state index contributed by atoms with van der Waals surface area (Å²) in [4.78, 5) is 32.9. The van der Waals surface area contributed by atoms with Crippen LogP contribution in [0.2, 0.25) is 0 Å². The van der Waals surface area contributed by atoms with Gasteiger partial charge in [-0.15, -0.1) is 0 Å². The third-order valence-corrected chi connectivity index (χ3v) is 11.0. The van der Waals surface area contributed by atoms with Gasteiger partial charge in [-0.1, -0.05) is 43.3 Å². The summed E-state index contributed by atoms with van der Waals surface area (Å²) in [5.41, 5.74) is 7.47. The van der Waals surface area contributed by atoms with E-state index in [1.54, 1.807) is 14.1 Å². The van der Waals surface area contributed by atoms with Gasteiger partial charge in [-0.05, 0) is 110 Å². The number of nitrogens with zero attached hydrogens (tertiary/aromatic N) is 3. The molecule has 0 bridgehead atoms. The zero-order valence-corrected chi connectivity index (χ0v) is 31.5. The van der Waals surface area contributed by atoms with E-state index in [1.165, 1.54) is 37.6 Å². The predicted octanol–water partition coefficient (Wildman–Crippen LogP) is 3.89. The highest BCUT2D eigenvalue weighted by Crippen LogP contribution is 2.55. The molecule has 1 heterocycles. The van der Waals surface area contributed by atoms with E-state index >= 15 is 0 Å². The fourth-order valence-electron chi connectivity index (χ4n) is 7.00. The Morgan fingerprint density at radius 2 is 1.68 bits per heavy atom. The summed E-state index contributed by atoms with van der Waals surface area (Å²) in [5, 5.41) is 49.7. The summed E-state index contributed by atoms with van der Waals surface area (Å²) in [6.07, 6.45) is 5.08. The number of aliphatic hydroxyl groups is 5. The van der Waals surface area contributed by atoms with Crippen LogP contribution in [0.25, 0.3) is 11.1 Å². The summed E-state index contributed by atoms with van der Waals surface area (Å²) in [5.74, 6) is 0.381. The number of aryl methyl sites for hydroxylation is 2. The molecule has 2 aromatic carbocycles. The lowest BCUT2D eigenvalue weighted by molar-refractivity contribution is -0.145. The molecule has 1 aromatic heterocycles. The Hall–Kier alpha value is -3.87. The van der Waals surface area contributed by atoms with Crippen LogP contribution in [-0.4, -0.2) is 116 Å². The van der Waals surface area contributed by atoms with Gasteiger partial charge in [0, 0.05) is 45.0 Å². The normalized spacial score (nSPS) is 17.7. The molecule has 53 heavy (non-hydrogen) atoms. The second-order valence-corrected chi connectivity index (χ2v) is 15.4. The first-order valence-corrected chi connectivity index (χ1v) is 18.9. The molecule has 11 heteroatoms. The Bertz CT molecular complexity index is 1690. The van der Waals surface area contributed by atoms with Crippen molar-refractivity contribution in [3.05, 3.63) is 83.2 Å². The van der Waals surface area contributed by atoms with Gasteiger partial charge in [-0.2, -0.15) is 0 Å². The third-order valence-electron chi connectivity index (χ3n) is 11.0. The number of carbonyl (C=O) groups is 2. The standard InChI is InChI=1S/C42H57N3O8/c1-27(8-7-11-38(49)45(25-39(50)44(3)4)24-35(47)40(51)41(52)36(48)26-46)29-13-12-28(2)30(22-29)16-18-42(19-20-42)34-23-43-21-17-32(34)33-9-5-6-10-37(33)53-31-14-15-31/h5-6,9-10,12-13,17,21-23,27,31,35-36,40-41,46-48,51-52H,7-8,11,14-16,18-20,24-26H2,1-4H3/t27?,35-,36+,40+,41+/m0/s1. The second kappa shape index (κ2) is 18.0. The van der Waals surface area contributed by atoms with Gasteiger partial charge in [0.2, 0.25) is 11.8 Å². The van der Waals surface area contributed by atoms with Crippen LogP contribution in [0, 0.1) is 6.92 Å². The van der Waals surface area contributed by atoms with Crippen molar-refractivity contribution in [2.45, 2.75) is 113 Å². The maximum atomic E-state index is 13.3. The minimum Gasteiger partial charge on any atom is -0.490 e. The summed E-state index contributed by atoms with van der Waals surface area (Å²) in [7, 11) is 3.11. The van der Waals surface area contributed by atoms with Gasteiger partial charge in [0.1, 0.15) is 30.2 Å². The molecule has 3 aromatic rings. The first-order valence-electron chi connectivity index (χ1n) is 18.9. The Kier molecular flexibility index (Phi) is 13.7. The first kappa shape index (κ1) is 40.3. The summed E-state index contributed by atoms with van der Waals surface area (Å²) < 4.78 is 6.30. The van der Waals surface area contributed by atoms with Crippen LogP contribution in [0.4, 0.5) is 0 Å². The number of hydrogen-bond acceptors (Lipinski definition) is 9. The van der Waals surface area contributed by atoms with E-state index in [9.17, 15) is 30.0 Å². The van der Waals surface area contributed by atoms with Crippen molar-refractivity contribution >= 4 is 11.8 Å². The fraction of sp³-hybridized carbons (Fsp3) is 0.548. The van der Waals surface area contributed by atoms with Crippen molar-refractivity contribution in [1.82, 2.24) is 14.8 Å². The quantitative estimate of drug-likeness (QED) is 0.116. The molecular formula is C42H57N3O8. The van der Waals surface area contributed by atoms with Gasteiger partial charge >= 0.3 is 0 Å². The van der Waals surface area contributed by atoms with Crippen LogP contribution in [0.1, 0.15) is 86.5 Å². The highest BCUT2D eigenvalue weighted by atomic mass is 16.5. The first-order chi connectivity index (χ1) is 25.3. The van der Waals surface area contributed by atoms with Crippen LogP contribution >= 0.6 is 0 Å². The van der Waals surface area contributed by atoms with E-state index in [0.717, 1.165) is 56.3 Å². The molecule has 2 fully saturated rings. The Morgan fingerprint density at radius 1 is 0.962 bits per heavy atom. The average Bonchev–Trinajstić information content (AvgIpc) is 4.11. The predicted molar refractivity (Wildman–Crippen MR) is 202 cm³/mol. The number of carbonyl (C=O) groups excluding carboxylic acids is 2. The van der Waals surface area contributed by atoms with Gasteiger partial charge in [0.25, 0.3) is 0 Å². The van der Waals surface area contributed by atoms with Gasteiger partial charge in [0.05, 0.1) is 19.3 Å². The molecule has 0 spiro atoms. The molecule has 5 rings (SSSR count). The van der Waals surface area contributed by atoms with Crippen LogP contribution in [0.3, 0.4) is 0 Å². The monoisotopic (exact) mass is 731 g/mol. The molecule has 2 amide bonds. The Balaban J connectivity index is 1.20. The number of hydrogen-bond donors (Lipinski definition) is 5. The minimum atomic E-state index is -1.83. The highest BCUT2D eigenvalue weighted by molar-refractivity contribution is 5.84. The zero-order chi connectivity index (χ0) is 38.3. The number of benzene rings is 2. The van der Waals surface area contributed by atoms with Crippen molar-refractivity contribution in [3.8, 4) is 16.9 Å². The Morgan fingerprint density at radius 3 is 2.36 bits per heavy atom. The number of pyridine rings is 1. The molecule has 2 aliphatic carbocycles. The van der Waals surface area contributed by atoms with Crippen molar-refractivity contribution in [2.75, 3.05) is 33.8 Å². The molecule has 2 saturated carbocycles. The minimum absolute atomic E-state index is 0.0743. The van der Waals surface area contributed by atoms with Crippen molar-refractivity contribution in [2.24, 2.45) is 0 Å². The van der Waals surface area contributed by atoms with Crippen LogP contribution in [0.15, 0.2) is 60.9 Å². The van der Waals surface area contributed by atoms with Crippen LogP contribution < -0.4 is 4.74 Å². The molecule has 1 unspecified atom stereocenters. The summed E-state index contributed by atoms with van der Waals surface area (Å²) >= 11 is 0. The van der Waals surface area contributed by atoms with Crippen molar-refractivity contribution in [1.29, 1.82) is 0 Å². The third kappa shape index (κ3) is 10.4. The van der Waals surface area contributed by atoms with E-state index in [-0.39, 0.29) is 36.1 Å². The van der Waals surface area contributed by atoms with Gasteiger partial charge < -0.3 is 40.1 Å². The lowest BCUT2D eigenvalue weighted by atomic mass is 9.84. The molecular weight excluding hydrogens is 674 g/mol. The Labute approximate surface area is 313 Å². The number of aromatic nitrogens is 1. The molecule has 0 aliphatic heterocycles. The highest BCUT2D eigenvalue weighted by Gasteiger charge is 2.45. The number of likely N-dealkylation sites (N-methyl/N-ethyl adjacent to an activating group) is 1. The molecule has 288 valence electrons. The molecule has 5 N–H and O–H groups in total. The molecule has 2 aliphatic rings. The zero-order valence-electron chi connectivity index (χ0n) is 31.5. The van der Waals surface area contributed by atoms with Gasteiger partial charge in [-0.25, -0.2) is 0 Å². The van der Waals surface area contributed by atoms with Gasteiger partial charge in [-0.3, -0.25) is 14.6 Å². The fourth-order valence-corrected chi connectivity index (χ4v) is 7.00. The maximum Gasteiger partial charge on any atom is 0.241 e.